The van der Waals surface area contributed by atoms with Gasteiger partial charge >= 0.3 is 0 Å². The number of carbonyl (C=O) groups is 1. The average molecular weight is 449 g/mol. The van der Waals surface area contributed by atoms with Gasteiger partial charge in [-0.1, -0.05) is 23.7 Å². The molecule has 2 aliphatic rings. The first-order chi connectivity index (χ1) is 15.4. The monoisotopic (exact) mass is 448 g/mol. The number of aromatic nitrogens is 1. The van der Waals surface area contributed by atoms with Gasteiger partial charge in [0.25, 0.3) is 11.5 Å². The molecule has 2 aromatic carbocycles. The Morgan fingerprint density at radius 2 is 1.94 bits per heavy atom. The molecule has 3 N–H and O–H groups in total. The molecule has 0 spiro atoms. The van der Waals surface area contributed by atoms with Crippen molar-refractivity contribution in [2.45, 2.75) is 25.8 Å². The van der Waals surface area contributed by atoms with Crippen molar-refractivity contribution in [1.29, 1.82) is 0 Å². The smallest absolute Gasteiger partial charge is 0.255 e. The van der Waals surface area contributed by atoms with E-state index in [0.29, 0.717) is 33.8 Å². The Hall–Kier alpha value is -3.25. The fourth-order valence-corrected chi connectivity index (χ4v) is 5.17. The van der Waals surface area contributed by atoms with Gasteiger partial charge in [0.05, 0.1) is 11.4 Å². The topological polar surface area (TPSA) is 80.4 Å². The first-order valence-corrected chi connectivity index (χ1v) is 11.2. The predicted octanol–water partition coefficient (Wildman–Crippen LogP) is 4.27. The van der Waals surface area contributed by atoms with Crippen LogP contribution in [0.1, 0.15) is 34.0 Å². The SMILES string of the molecule is Cc1ccc(Cl)cc1NC(=O)c1ccc(N2CC3CC(C2)c2cccc(=O)n2C3)c(N)c1. The highest BCUT2D eigenvalue weighted by molar-refractivity contribution is 6.31. The second-order valence-electron chi connectivity index (χ2n) is 8.79. The molecule has 1 aromatic heterocycles. The van der Waals surface area contributed by atoms with E-state index in [1.807, 2.05) is 35.8 Å². The number of hydrogen-bond donors (Lipinski definition) is 2. The van der Waals surface area contributed by atoms with Crippen molar-refractivity contribution in [1.82, 2.24) is 4.57 Å². The number of hydrogen-bond acceptors (Lipinski definition) is 4. The summed E-state index contributed by atoms with van der Waals surface area (Å²) in [7, 11) is 0. The van der Waals surface area contributed by atoms with E-state index in [1.165, 1.54) is 0 Å². The number of piperidine rings is 1. The molecule has 0 aliphatic carbocycles. The zero-order valence-electron chi connectivity index (χ0n) is 17.8. The van der Waals surface area contributed by atoms with E-state index < -0.39 is 0 Å². The van der Waals surface area contributed by atoms with Gasteiger partial charge in [-0.25, -0.2) is 0 Å². The predicted molar refractivity (Wildman–Crippen MR) is 129 cm³/mol. The third kappa shape index (κ3) is 3.75. The number of nitrogens with one attached hydrogen (secondary N) is 1. The zero-order chi connectivity index (χ0) is 22.4. The quantitative estimate of drug-likeness (QED) is 0.586. The van der Waals surface area contributed by atoms with Crippen molar-refractivity contribution in [3.63, 3.8) is 0 Å². The number of halogens is 1. The summed E-state index contributed by atoms with van der Waals surface area (Å²) in [6.07, 6.45) is 1.08. The van der Waals surface area contributed by atoms with E-state index in [4.69, 9.17) is 17.3 Å². The Kier molecular flexibility index (Phi) is 5.18. The summed E-state index contributed by atoms with van der Waals surface area (Å²) in [6.45, 7) is 4.30. The Morgan fingerprint density at radius 1 is 1.09 bits per heavy atom. The van der Waals surface area contributed by atoms with Crippen molar-refractivity contribution in [3.8, 4) is 0 Å². The van der Waals surface area contributed by atoms with Crippen molar-refractivity contribution in [2.75, 3.05) is 29.0 Å². The van der Waals surface area contributed by atoms with Gasteiger partial charge in [0, 0.05) is 53.6 Å². The molecule has 2 bridgehead atoms. The number of anilines is 3. The Labute approximate surface area is 191 Å². The minimum atomic E-state index is -0.225. The summed E-state index contributed by atoms with van der Waals surface area (Å²) in [5.41, 5.74) is 11.2. The highest BCUT2D eigenvalue weighted by Gasteiger charge is 2.35. The van der Waals surface area contributed by atoms with Gasteiger partial charge in [0.2, 0.25) is 0 Å². The molecule has 6 nitrogen and oxygen atoms in total. The molecule has 1 fully saturated rings. The lowest BCUT2D eigenvalue weighted by atomic mass is 9.83. The number of nitrogen functional groups attached to an aromatic ring is 1. The van der Waals surface area contributed by atoms with E-state index in [9.17, 15) is 9.59 Å². The number of benzene rings is 2. The average Bonchev–Trinajstić information content (AvgIpc) is 2.77. The lowest BCUT2D eigenvalue weighted by Crippen LogP contribution is -2.47. The molecule has 1 amide bonds. The lowest BCUT2D eigenvalue weighted by Gasteiger charge is -2.44. The maximum Gasteiger partial charge on any atom is 0.255 e. The number of amides is 1. The summed E-state index contributed by atoms with van der Waals surface area (Å²) in [4.78, 5) is 27.3. The molecule has 0 radical (unpaired) electrons. The van der Waals surface area contributed by atoms with Crippen LogP contribution < -0.4 is 21.5 Å². The number of nitrogens with zero attached hydrogens (tertiary/aromatic N) is 2. The first-order valence-electron chi connectivity index (χ1n) is 10.8. The van der Waals surface area contributed by atoms with Gasteiger partial charge in [-0.2, -0.15) is 0 Å². The number of nitrogens with two attached hydrogens (primary N) is 1. The van der Waals surface area contributed by atoms with Crippen LogP contribution in [0.3, 0.4) is 0 Å². The van der Waals surface area contributed by atoms with Gasteiger partial charge in [0.1, 0.15) is 0 Å². The summed E-state index contributed by atoms with van der Waals surface area (Å²) < 4.78 is 1.92. The third-order valence-corrected chi connectivity index (χ3v) is 6.79. The van der Waals surface area contributed by atoms with E-state index in [-0.39, 0.29) is 11.5 Å². The Balaban J connectivity index is 1.37. The van der Waals surface area contributed by atoms with E-state index in [0.717, 1.165) is 43.0 Å². The van der Waals surface area contributed by atoms with Gasteiger partial charge < -0.3 is 20.5 Å². The van der Waals surface area contributed by atoms with E-state index in [1.54, 1.807) is 24.3 Å². The maximum absolute atomic E-state index is 12.8. The minimum Gasteiger partial charge on any atom is -0.397 e. The van der Waals surface area contributed by atoms with Crippen LogP contribution in [0.5, 0.6) is 0 Å². The van der Waals surface area contributed by atoms with Crippen LogP contribution in [0, 0.1) is 12.8 Å². The fourth-order valence-electron chi connectivity index (χ4n) is 5.00. The van der Waals surface area contributed by atoms with Crippen LogP contribution in [0.4, 0.5) is 17.1 Å². The molecular weight excluding hydrogens is 424 g/mol. The molecule has 2 atom stereocenters. The van der Waals surface area contributed by atoms with Gasteiger partial charge in [0.15, 0.2) is 0 Å². The fraction of sp³-hybridized carbons (Fsp3) is 0.280. The normalized spacial score (nSPS) is 19.4. The molecule has 0 saturated carbocycles. The van der Waals surface area contributed by atoms with Gasteiger partial charge in [-0.3, -0.25) is 9.59 Å². The maximum atomic E-state index is 12.8. The second kappa shape index (κ2) is 8.02. The summed E-state index contributed by atoms with van der Waals surface area (Å²) in [6, 6.07) is 16.4. The van der Waals surface area contributed by atoms with Crippen molar-refractivity contribution in [2.24, 2.45) is 5.92 Å². The summed E-state index contributed by atoms with van der Waals surface area (Å²) in [5.74, 6) is 0.469. The molecule has 3 heterocycles. The molecular formula is C25H25ClN4O2. The molecule has 7 heteroatoms. The number of rotatable bonds is 3. The standard InChI is InChI=1S/C25H25ClN4O2/c1-15-5-7-19(26)11-21(15)28-25(32)17-6-8-23(20(27)10-17)29-12-16-9-18(14-29)22-3-2-4-24(31)30(22)13-16/h2-8,10-11,16,18H,9,12-14,27H2,1H3,(H,28,32). The second-order valence-corrected chi connectivity index (χ2v) is 9.23. The zero-order valence-corrected chi connectivity index (χ0v) is 18.6. The van der Waals surface area contributed by atoms with E-state index in [2.05, 4.69) is 16.3 Å². The Morgan fingerprint density at radius 3 is 2.75 bits per heavy atom. The number of aryl methyl sites for hydroxylation is 1. The number of fused-ring (bicyclic) bond motifs is 4. The molecule has 164 valence electrons. The van der Waals surface area contributed by atoms with Crippen LogP contribution in [-0.4, -0.2) is 23.6 Å². The van der Waals surface area contributed by atoms with Crippen LogP contribution in [-0.2, 0) is 6.54 Å². The van der Waals surface area contributed by atoms with Crippen molar-refractivity contribution < 1.29 is 4.79 Å². The van der Waals surface area contributed by atoms with Gasteiger partial charge in [-0.05, 0) is 61.2 Å². The molecule has 2 aliphatic heterocycles. The largest absolute Gasteiger partial charge is 0.397 e. The molecule has 1 saturated heterocycles. The molecule has 32 heavy (non-hydrogen) atoms. The highest BCUT2D eigenvalue weighted by atomic mass is 35.5. The lowest BCUT2D eigenvalue weighted by molar-refractivity contribution is 0.102. The van der Waals surface area contributed by atoms with Crippen LogP contribution in [0.2, 0.25) is 5.02 Å². The molecule has 2 unspecified atom stereocenters. The number of pyridine rings is 1. The van der Waals surface area contributed by atoms with E-state index >= 15 is 0 Å². The van der Waals surface area contributed by atoms with Crippen LogP contribution in [0.15, 0.2) is 59.4 Å². The summed E-state index contributed by atoms with van der Waals surface area (Å²) >= 11 is 6.06. The highest BCUT2D eigenvalue weighted by Crippen LogP contribution is 2.38. The van der Waals surface area contributed by atoms with Gasteiger partial charge in [-0.15, -0.1) is 0 Å². The van der Waals surface area contributed by atoms with Crippen LogP contribution in [0.25, 0.3) is 0 Å². The first kappa shape index (κ1) is 20.6. The Bertz CT molecular complexity index is 1270. The molecule has 3 aromatic rings. The summed E-state index contributed by atoms with van der Waals surface area (Å²) in [5, 5.41) is 3.49. The van der Waals surface area contributed by atoms with Crippen molar-refractivity contribution in [3.05, 3.63) is 86.8 Å². The van der Waals surface area contributed by atoms with Crippen molar-refractivity contribution >= 4 is 34.6 Å². The minimum absolute atomic E-state index is 0.0791. The molecule has 5 rings (SSSR count). The number of carbonyl (C=O) groups excluding carboxylic acids is 1. The third-order valence-electron chi connectivity index (χ3n) is 6.56. The van der Waals surface area contributed by atoms with Crippen LogP contribution >= 0.6 is 11.6 Å².